The number of amides is 3. The van der Waals surface area contributed by atoms with Crippen molar-refractivity contribution in [3.63, 3.8) is 0 Å². The summed E-state index contributed by atoms with van der Waals surface area (Å²) in [6.07, 6.45) is 2.62. The van der Waals surface area contributed by atoms with Gasteiger partial charge in [0.25, 0.3) is 5.91 Å². The zero-order chi connectivity index (χ0) is 18.4. The summed E-state index contributed by atoms with van der Waals surface area (Å²) in [5, 5.41) is 14.3. The minimum atomic E-state index is -0.271. The topological polar surface area (TPSA) is 85.2 Å². The number of nitrogens with one attached hydrogen (secondary N) is 2. The van der Waals surface area contributed by atoms with Crippen LogP contribution in [-0.2, 0) is 0 Å². The molecule has 1 fully saturated rings. The van der Waals surface area contributed by atoms with Crippen LogP contribution in [0.15, 0.2) is 24.3 Å². The minimum absolute atomic E-state index is 0.0541. The number of carbonyl (C=O) groups is 2. The average molecular weight is 342 g/mol. The number of benzene rings is 1. The van der Waals surface area contributed by atoms with E-state index in [0.29, 0.717) is 30.1 Å². The van der Waals surface area contributed by atoms with Crippen LogP contribution in [0.1, 0.15) is 50.4 Å². The van der Waals surface area contributed by atoms with Crippen LogP contribution in [0.3, 0.4) is 0 Å². The molecule has 6 heteroatoms. The molecule has 0 spiro atoms. The highest BCUT2D eigenvalue weighted by Gasteiger charge is 2.34. The van der Waals surface area contributed by atoms with Crippen molar-refractivity contribution in [1.82, 2.24) is 10.2 Å². The highest BCUT2D eigenvalue weighted by Crippen LogP contribution is 2.35. The number of hydrogen-bond acceptors (Lipinski definition) is 3. The van der Waals surface area contributed by atoms with Gasteiger partial charge in [-0.05, 0) is 63.8 Å². The number of nitrogens with zero attached hydrogens (tertiary/aromatic N) is 2. The molecule has 0 aromatic heterocycles. The van der Waals surface area contributed by atoms with E-state index in [-0.39, 0.29) is 24.0 Å². The number of hydrogen-bond donors (Lipinski definition) is 2. The normalized spacial score (nSPS) is 14.5. The van der Waals surface area contributed by atoms with Crippen LogP contribution in [0.25, 0.3) is 0 Å². The van der Waals surface area contributed by atoms with Crippen molar-refractivity contribution in [3.05, 3.63) is 29.8 Å². The van der Waals surface area contributed by atoms with Crippen LogP contribution < -0.4 is 10.6 Å². The number of carbonyl (C=O) groups excluding carboxylic acids is 2. The van der Waals surface area contributed by atoms with Crippen LogP contribution in [-0.4, -0.2) is 35.5 Å². The Bertz CT molecular complexity index is 644. The summed E-state index contributed by atoms with van der Waals surface area (Å²) < 4.78 is 0. The zero-order valence-corrected chi connectivity index (χ0v) is 15.1. The molecule has 1 aromatic rings. The third-order valence-corrected chi connectivity index (χ3v) is 4.33. The summed E-state index contributed by atoms with van der Waals surface area (Å²) in [5.74, 6) is 0.483. The van der Waals surface area contributed by atoms with E-state index in [0.717, 1.165) is 12.8 Å². The van der Waals surface area contributed by atoms with Gasteiger partial charge in [0.2, 0.25) is 0 Å². The van der Waals surface area contributed by atoms with Gasteiger partial charge in [-0.3, -0.25) is 4.79 Å². The van der Waals surface area contributed by atoms with E-state index < -0.39 is 0 Å². The van der Waals surface area contributed by atoms with E-state index in [2.05, 4.69) is 23.6 Å². The Hall–Kier alpha value is -2.55. The van der Waals surface area contributed by atoms with E-state index in [4.69, 9.17) is 5.26 Å². The lowest BCUT2D eigenvalue weighted by Gasteiger charge is -2.29. The van der Waals surface area contributed by atoms with E-state index in [1.807, 2.05) is 13.8 Å². The van der Waals surface area contributed by atoms with Gasteiger partial charge in [0.15, 0.2) is 0 Å². The first kappa shape index (κ1) is 18.8. The molecule has 0 heterocycles. The van der Waals surface area contributed by atoms with E-state index in [1.54, 1.807) is 29.2 Å². The summed E-state index contributed by atoms with van der Waals surface area (Å²) in [7, 11) is 0. The second-order valence-electron chi connectivity index (χ2n) is 6.82. The second-order valence-corrected chi connectivity index (χ2v) is 6.82. The molecule has 1 saturated carbocycles. The lowest BCUT2D eigenvalue weighted by atomic mass is 10.1. The Kier molecular flexibility index (Phi) is 6.40. The predicted molar refractivity (Wildman–Crippen MR) is 97.2 cm³/mol. The first-order valence-electron chi connectivity index (χ1n) is 8.78. The van der Waals surface area contributed by atoms with E-state index in [9.17, 15) is 9.59 Å². The fourth-order valence-corrected chi connectivity index (χ4v) is 2.79. The number of nitriles is 1. The Balaban J connectivity index is 2.04. The van der Waals surface area contributed by atoms with Crippen LogP contribution >= 0.6 is 0 Å². The predicted octanol–water partition coefficient (Wildman–Crippen LogP) is 3.37. The molecule has 134 valence electrons. The molecule has 2 N–H and O–H groups in total. The van der Waals surface area contributed by atoms with Crippen molar-refractivity contribution >= 4 is 17.6 Å². The Morgan fingerprint density at radius 2 is 1.88 bits per heavy atom. The SMILES string of the molecule is CC(C)NC(=O)Nc1ccc(C(=O)N(CCC#N)[C@H](C)C2CC2)cc1. The van der Waals surface area contributed by atoms with Gasteiger partial charge in [0.05, 0.1) is 12.5 Å². The van der Waals surface area contributed by atoms with Gasteiger partial charge < -0.3 is 15.5 Å². The van der Waals surface area contributed by atoms with Gasteiger partial charge in [-0.1, -0.05) is 0 Å². The lowest BCUT2D eigenvalue weighted by molar-refractivity contribution is 0.0677. The smallest absolute Gasteiger partial charge is 0.319 e. The molecule has 1 atom stereocenters. The summed E-state index contributed by atoms with van der Waals surface area (Å²) in [4.78, 5) is 26.3. The molecule has 0 aliphatic heterocycles. The monoisotopic (exact) mass is 342 g/mol. The molecular weight excluding hydrogens is 316 g/mol. The molecule has 2 rings (SSSR count). The minimum Gasteiger partial charge on any atom is -0.336 e. The van der Waals surface area contributed by atoms with Gasteiger partial charge >= 0.3 is 6.03 Å². The van der Waals surface area contributed by atoms with Crippen molar-refractivity contribution in [3.8, 4) is 6.07 Å². The lowest BCUT2D eigenvalue weighted by Crippen LogP contribution is -2.40. The fourth-order valence-electron chi connectivity index (χ4n) is 2.79. The molecule has 6 nitrogen and oxygen atoms in total. The van der Waals surface area contributed by atoms with Gasteiger partial charge in [-0.25, -0.2) is 4.79 Å². The third-order valence-electron chi connectivity index (χ3n) is 4.33. The molecule has 1 aromatic carbocycles. The van der Waals surface area contributed by atoms with Crippen molar-refractivity contribution in [2.24, 2.45) is 5.92 Å². The van der Waals surface area contributed by atoms with Crippen molar-refractivity contribution in [2.75, 3.05) is 11.9 Å². The molecule has 0 saturated heterocycles. The average Bonchev–Trinajstić information content (AvgIpc) is 3.39. The van der Waals surface area contributed by atoms with Crippen LogP contribution in [0.4, 0.5) is 10.5 Å². The molecule has 0 bridgehead atoms. The van der Waals surface area contributed by atoms with Crippen molar-refractivity contribution in [2.45, 2.75) is 52.1 Å². The largest absolute Gasteiger partial charge is 0.336 e. The highest BCUT2D eigenvalue weighted by molar-refractivity contribution is 5.95. The summed E-state index contributed by atoms with van der Waals surface area (Å²) in [6, 6.07) is 8.92. The molecule has 3 amide bonds. The quantitative estimate of drug-likeness (QED) is 0.796. The molecule has 25 heavy (non-hydrogen) atoms. The molecular formula is C19H26N4O2. The second kappa shape index (κ2) is 8.52. The van der Waals surface area contributed by atoms with Crippen molar-refractivity contribution in [1.29, 1.82) is 5.26 Å². The van der Waals surface area contributed by atoms with E-state index >= 15 is 0 Å². The molecule has 1 aliphatic carbocycles. The molecule has 0 unspecified atom stereocenters. The van der Waals surface area contributed by atoms with Crippen LogP contribution in [0, 0.1) is 17.2 Å². The Labute approximate surface area is 149 Å². The summed E-state index contributed by atoms with van der Waals surface area (Å²) >= 11 is 0. The molecule has 1 aliphatic rings. The van der Waals surface area contributed by atoms with Gasteiger partial charge in [-0.15, -0.1) is 0 Å². The maximum absolute atomic E-state index is 12.8. The summed E-state index contributed by atoms with van der Waals surface area (Å²) in [6.45, 7) is 6.28. The fraction of sp³-hybridized carbons (Fsp3) is 0.526. The van der Waals surface area contributed by atoms with Gasteiger partial charge in [0, 0.05) is 29.9 Å². The van der Waals surface area contributed by atoms with E-state index in [1.165, 1.54) is 0 Å². The number of rotatable bonds is 7. The van der Waals surface area contributed by atoms with Crippen LogP contribution in [0.5, 0.6) is 0 Å². The Morgan fingerprint density at radius 1 is 1.24 bits per heavy atom. The Morgan fingerprint density at radius 3 is 2.40 bits per heavy atom. The standard InChI is InChI=1S/C19H26N4O2/c1-13(2)21-19(25)22-17-9-7-16(8-10-17)18(24)23(12-4-11-20)14(3)15-5-6-15/h7-10,13-15H,4-6,12H2,1-3H3,(H2,21,22,25)/t14-/m1/s1. The number of anilines is 1. The van der Waals surface area contributed by atoms with Gasteiger partial charge in [-0.2, -0.15) is 5.26 Å². The zero-order valence-electron chi connectivity index (χ0n) is 15.1. The van der Waals surface area contributed by atoms with Crippen molar-refractivity contribution < 1.29 is 9.59 Å². The third kappa shape index (κ3) is 5.49. The first-order valence-corrected chi connectivity index (χ1v) is 8.78. The first-order chi connectivity index (χ1) is 11.9. The maximum Gasteiger partial charge on any atom is 0.319 e. The maximum atomic E-state index is 12.8. The number of urea groups is 1. The van der Waals surface area contributed by atoms with Crippen LogP contribution in [0.2, 0.25) is 0 Å². The van der Waals surface area contributed by atoms with Gasteiger partial charge in [0.1, 0.15) is 0 Å². The highest BCUT2D eigenvalue weighted by atomic mass is 16.2. The molecule has 0 radical (unpaired) electrons. The summed E-state index contributed by atoms with van der Waals surface area (Å²) in [5.41, 5.74) is 1.20.